The number of aromatic hydroxyl groups is 1. The fourth-order valence-corrected chi connectivity index (χ4v) is 11.2. The lowest BCUT2D eigenvalue weighted by Gasteiger charge is -2.27. The summed E-state index contributed by atoms with van der Waals surface area (Å²) in [5.74, 6) is -8.60. The molecule has 2 aliphatic heterocycles. The monoisotopic (exact) mass is 1140 g/mol. The fraction of sp³-hybridized carbons (Fsp3) is 0.418. The van der Waals surface area contributed by atoms with Gasteiger partial charge in [0, 0.05) is 73.0 Å². The molecular weight excluding hydrogens is 1070 g/mol. The molecule has 6 rings (SSSR count). The maximum atomic E-state index is 14.8. The first-order valence-corrected chi connectivity index (χ1v) is 28.8. The van der Waals surface area contributed by atoms with Crippen molar-refractivity contribution >= 4 is 91.6 Å². The second kappa shape index (κ2) is 30.6. The standard InChI is InChI=1S/C55H68N10O13S2/c1-32(66)48(55(77)78)64-54(76)44-31-80-79-30-43(63-50(72)40(26-33-12-4-2-5-13-33)58-45(68)17-6-3-11-25-65-46(69)22-23-47(65)70)53(75)60-41(27-34-18-20-36(67)21-19-34)51(73)61-42(28-35-29-57-38-15-8-7-14-37(35)38)52(74)59-39(49(71)62-44)16-9-10-24-56/h2,4-5,7-8,12-15,18-23,29,32,39-44,48,57,66-67H,3,6,9-11,16-17,24-28,30-31,56H2,1H3,(H,58,68)(H,59,74)(H,60,75)(H,61,73)(H,62,71)(H,63,72)(H,64,76)(H,77,78)/t32-,39?,40-,41?,42-,43?,44?,48+/m1/s1. The van der Waals surface area contributed by atoms with Crippen LogP contribution in [-0.4, -0.2) is 157 Å². The quantitative estimate of drug-likeness (QED) is 0.0277. The number of carbonyl (C=O) groups is 10. The van der Waals surface area contributed by atoms with Crippen LogP contribution in [0.2, 0.25) is 0 Å². The van der Waals surface area contributed by atoms with Gasteiger partial charge in [-0.2, -0.15) is 0 Å². The molecule has 0 saturated carbocycles. The average molecular weight is 1140 g/mol. The van der Waals surface area contributed by atoms with Gasteiger partial charge in [-0.05, 0) is 80.5 Å². The number of phenols is 1. The minimum atomic E-state index is -1.78. The van der Waals surface area contributed by atoms with Gasteiger partial charge in [0.25, 0.3) is 11.8 Å². The molecule has 0 spiro atoms. The number of fused-ring (bicyclic) bond motifs is 1. The molecule has 13 N–H and O–H groups in total. The van der Waals surface area contributed by atoms with E-state index in [1.165, 1.54) is 24.3 Å². The van der Waals surface area contributed by atoms with Gasteiger partial charge in [-0.25, -0.2) is 4.79 Å². The Hall–Kier alpha value is -7.74. The number of hydrogen-bond donors (Lipinski definition) is 12. The zero-order valence-corrected chi connectivity index (χ0v) is 45.7. The van der Waals surface area contributed by atoms with Crippen molar-refractivity contribution in [1.29, 1.82) is 0 Å². The zero-order chi connectivity index (χ0) is 57.7. The highest BCUT2D eigenvalue weighted by atomic mass is 33.1. The number of carboxylic acids is 1. The van der Waals surface area contributed by atoms with Crippen molar-refractivity contribution in [3.63, 3.8) is 0 Å². The van der Waals surface area contributed by atoms with Gasteiger partial charge in [0.05, 0.1) is 6.10 Å². The second-order valence-electron chi connectivity index (χ2n) is 19.4. The third-order valence-electron chi connectivity index (χ3n) is 13.3. The van der Waals surface area contributed by atoms with E-state index in [4.69, 9.17) is 5.73 Å². The number of H-pyrrole nitrogens is 1. The number of unbranched alkanes of at least 4 members (excludes halogenated alkanes) is 3. The van der Waals surface area contributed by atoms with Crippen LogP contribution in [0.25, 0.3) is 10.9 Å². The number of aliphatic hydroxyl groups excluding tert-OH is 1. The first kappa shape index (κ1) is 61.5. The number of benzene rings is 3. The Bertz CT molecular complexity index is 2850. The molecular formula is C55H68N10O13S2. The van der Waals surface area contributed by atoms with E-state index in [1.54, 1.807) is 54.7 Å². The number of amides is 9. The third-order valence-corrected chi connectivity index (χ3v) is 15.7. The molecule has 428 valence electrons. The van der Waals surface area contributed by atoms with E-state index in [0.717, 1.165) is 44.3 Å². The highest BCUT2D eigenvalue weighted by Crippen LogP contribution is 2.25. The first-order valence-electron chi connectivity index (χ1n) is 26.3. The van der Waals surface area contributed by atoms with Crippen LogP contribution < -0.4 is 43.0 Å². The van der Waals surface area contributed by atoms with Crippen LogP contribution in [0, 0.1) is 0 Å². The number of rotatable bonds is 23. The molecule has 1 aromatic heterocycles. The Morgan fingerprint density at radius 1 is 0.713 bits per heavy atom. The molecule has 1 saturated heterocycles. The number of imide groups is 1. The number of para-hydroxylation sites is 1. The van der Waals surface area contributed by atoms with Crippen molar-refractivity contribution in [3.05, 3.63) is 114 Å². The molecule has 3 heterocycles. The van der Waals surface area contributed by atoms with Crippen molar-refractivity contribution in [2.24, 2.45) is 5.73 Å². The van der Waals surface area contributed by atoms with E-state index >= 15 is 0 Å². The van der Waals surface area contributed by atoms with Gasteiger partial charge in [0.1, 0.15) is 42.0 Å². The first-order chi connectivity index (χ1) is 38.4. The van der Waals surface area contributed by atoms with E-state index in [0.29, 0.717) is 48.8 Å². The molecule has 23 nitrogen and oxygen atoms in total. The van der Waals surface area contributed by atoms with Gasteiger partial charge in [-0.1, -0.05) is 88.7 Å². The van der Waals surface area contributed by atoms with E-state index in [-0.39, 0.29) is 62.4 Å². The molecule has 3 aromatic carbocycles. The third kappa shape index (κ3) is 18.4. The summed E-state index contributed by atoms with van der Waals surface area (Å²) in [5.41, 5.74) is 8.29. The van der Waals surface area contributed by atoms with Crippen molar-refractivity contribution in [2.75, 3.05) is 24.6 Å². The van der Waals surface area contributed by atoms with Crippen LogP contribution in [-0.2, 0) is 67.2 Å². The van der Waals surface area contributed by atoms with Gasteiger partial charge in [0.2, 0.25) is 41.4 Å². The Balaban J connectivity index is 1.33. The molecule has 25 heteroatoms. The molecule has 4 aromatic rings. The zero-order valence-electron chi connectivity index (χ0n) is 44.0. The molecule has 0 aliphatic carbocycles. The highest BCUT2D eigenvalue weighted by Gasteiger charge is 2.36. The summed E-state index contributed by atoms with van der Waals surface area (Å²) in [6, 6.07) is 11.7. The normalized spacial score (nSPS) is 20.6. The topological polar surface area (TPSA) is 361 Å². The lowest BCUT2D eigenvalue weighted by molar-refractivity contribution is -0.145. The number of hydrogen-bond acceptors (Lipinski definition) is 15. The number of carbonyl (C=O) groups excluding carboxylic acids is 9. The summed E-state index contributed by atoms with van der Waals surface area (Å²) in [5, 5.41) is 49.7. The van der Waals surface area contributed by atoms with E-state index in [2.05, 4.69) is 42.2 Å². The Morgan fingerprint density at radius 2 is 1.35 bits per heavy atom. The van der Waals surface area contributed by atoms with Crippen molar-refractivity contribution in [3.8, 4) is 5.75 Å². The van der Waals surface area contributed by atoms with Crippen molar-refractivity contribution < 1.29 is 63.3 Å². The molecule has 80 heavy (non-hydrogen) atoms. The summed E-state index contributed by atoms with van der Waals surface area (Å²) >= 11 is 0. The molecule has 9 amide bonds. The number of aromatic amines is 1. The second-order valence-corrected chi connectivity index (χ2v) is 22.0. The van der Waals surface area contributed by atoms with Crippen LogP contribution >= 0.6 is 21.6 Å². The Kier molecular flexibility index (Phi) is 23.5. The van der Waals surface area contributed by atoms with Crippen LogP contribution in [0.1, 0.15) is 68.6 Å². The average Bonchev–Trinajstić information content (AvgIpc) is 3.99. The summed E-state index contributed by atoms with van der Waals surface area (Å²) in [6.45, 7) is 1.59. The van der Waals surface area contributed by atoms with E-state index < -0.39 is 108 Å². The van der Waals surface area contributed by atoms with Crippen molar-refractivity contribution in [1.82, 2.24) is 47.1 Å². The maximum absolute atomic E-state index is 14.8. The van der Waals surface area contributed by atoms with Gasteiger partial charge in [-0.3, -0.25) is 48.1 Å². The summed E-state index contributed by atoms with van der Waals surface area (Å²) in [7, 11) is 1.94. The Morgan fingerprint density at radius 3 is 2.04 bits per heavy atom. The molecule has 0 bridgehead atoms. The lowest BCUT2D eigenvalue weighted by Crippen LogP contribution is -2.61. The summed E-state index contributed by atoms with van der Waals surface area (Å²) < 4.78 is 0. The van der Waals surface area contributed by atoms with Crippen LogP contribution in [0.15, 0.2) is 97.2 Å². The highest BCUT2D eigenvalue weighted by molar-refractivity contribution is 8.76. The number of aromatic nitrogens is 1. The van der Waals surface area contributed by atoms with Gasteiger partial charge in [-0.15, -0.1) is 0 Å². The van der Waals surface area contributed by atoms with Gasteiger partial charge >= 0.3 is 5.97 Å². The predicted octanol–water partition coefficient (Wildman–Crippen LogP) is 0.770. The van der Waals surface area contributed by atoms with Gasteiger partial charge < -0.3 is 63.3 Å². The smallest absolute Gasteiger partial charge is 0.328 e. The maximum Gasteiger partial charge on any atom is 0.328 e. The number of carboxylic acid groups (broad SMARTS) is 1. The summed E-state index contributed by atoms with van der Waals surface area (Å²) in [6.07, 6.45) is 4.25. The minimum Gasteiger partial charge on any atom is -0.508 e. The van der Waals surface area contributed by atoms with Crippen LogP contribution in [0.4, 0.5) is 0 Å². The number of aliphatic carboxylic acids is 1. The fourth-order valence-electron chi connectivity index (χ4n) is 8.88. The van der Waals surface area contributed by atoms with Crippen LogP contribution in [0.5, 0.6) is 5.75 Å². The Labute approximate surface area is 469 Å². The van der Waals surface area contributed by atoms with Crippen LogP contribution in [0.3, 0.4) is 0 Å². The molecule has 2 aliphatic rings. The van der Waals surface area contributed by atoms with E-state index in [9.17, 15) is 63.3 Å². The molecule has 0 radical (unpaired) electrons. The molecule has 8 atom stereocenters. The number of aliphatic hydroxyl groups is 1. The number of nitrogens with two attached hydrogens (primary N) is 1. The van der Waals surface area contributed by atoms with Gasteiger partial charge in [0.15, 0.2) is 6.04 Å². The number of phenolic OH excluding ortho intramolecular Hbond substituents is 1. The number of nitrogens with one attached hydrogen (secondary N) is 8. The molecule has 4 unspecified atom stereocenters. The van der Waals surface area contributed by atoms with E-state index in [1.807, 2.05) is 18.2 Å². The minimum absolute atomic E-state index is 0.0138. The molecule has 1 fully saturated rings. The SMILES string of the molecule is C[C@@H](O)[C@H](NC(=O)C1CSSCC(NC(=O)[C@@H](Cc2ccccc2)NC(=O)CCCCCN2C(=O)C=CC2=O)C(=O)NC(Cc2ccc(O)cc2)C(=O)N[C@H](Cc2c[nH]c3ccccc23)C(=O)NC(CCCCN)C(=O)N1)C(=O)O. The predicted molar refractivity (Wildman–Crippen MR) is 299 cm³/mol. The number of nitrogens with zero attached hydrogens (tertiary/aromatic N) is 1. The largest absolute Gasteiger partial charge is 0.508 e. The van der Waals surface area contributed by atoms with Crippen molar-refractivity contribution in [2.45, 2.75) is 120 Å². The lowest BCUT2D eigenvalue weighted by atomic mass is 10.0. The summed E-state index contributed by atoms with van der Waals surface area (Å²) in [4.78, 5) is 141.